The summed E-state index contributed by atoms with van der Waals surface area (Å²) < 4.78 is 0. The molecule has 0 spiro atoms. The van der Waals surface area contributed by atoms with Crippen molar-refractivity contribution in [2.24, 2.45) is 11.8 Å². The molecule has 1 rings (SSSR count). The zero-order valence-corrected chi connectivity index (χ0v) is 11.8. The van der Waals surface area contributed by atoms with E-state index >= 15 is 0 Å². The number of hydrogen-bond donors (Lipinski definition) is 0. The molecular weight excluding hydrogens is 216 g/mol. The minimum Gasteiger partial charge on any atom is -0.122 e. The molecule has 0 bridgehead atoms. The summed E-state index contributed by atoms with van der Waals surface area (Å²) in [5.41, 5.74) is 4.07. The zero-order valence-electron chi connectivity index (χ0n) is 11.0. The molecule has 0 aliphatic carbocycles. The standard InChI is InChI=1S/C15H23Cl/c1-10(2)13(5)15(16)9-14-7-6-11(3)12(4)8-14/h6-8,10,13,15H,9H2,1-5H3. The third kappa shape index (κ3) is 3.52. The molecule has 0 nitrogen and oxygen atoms in total. The Kier molecular flexibility index (Phi) is 4.86. The van der Waals surface area contributed by atoms with E-state index in [0.29, 0.717) is 11.8 Å². The first-order valence-corrected chi connectivity index (χ1v) is 6.55. The van der Waals surface area contributed by atoms with Crippen molar-refractivity contribution in [2.75, 3.05) is 0 Å². The maximum atomic E-state index is 6.45. The van der Waals surface area contributed by atoms with Crippen LogP contribution in [0.3, 0.4) is 0 Å². The van der Waals surface area contributed by atoms with E-state index in [1.165, 1.54) is 16.7 Å². The molecular formula is C15H23Cl. The van der Waals surface area contributed by atoms with Gasteiger partial charge in [0.05, 0.1) is 0 Å². The third-order valence-corrected chi connectivity index (χ3v) is 4.18. The maximum Gasteiger partial charge on any atom is 0.0404 e. The van der Waals surface area contributed by atoms with Crippen LogP contribution in [0.2, 0.25) is 0 Å². The second-order valence-corrected chi connectivity index (χ2v) is 5.80. The van der Waals surface area contributed by atoms with Crippen LogP contribution >= 0.6 is 11.6 Å². The second-order valence-electron chi connectivity index (χ2n) is 5.24. The van der Waals surface area contributed by atoms with Crippen LogP contribution in [0.15, 0.2) is 18.2 Å². The lowest BCUT2D eigenvalue weighted by atomic mass is 9.90. The molecule has 0 aromatic heterocycles. The Morgan fingerprint density at radius 3 is 2.19 bits per heavy atom. The number of rotatable bonds is 4. The van der Waals surface area contributed by atoms with Crippen LogP contribution in [-0.2, 0) is 6.42 Å². The van der Waals surface area contributed by atoms with Gasteiger partial charge in [-0.05, 0) is 48.8 Å². The van der Waals surface area contributed by atoms with E-state index < -0.39 is 0 Å². The Balaban J connectivity index is 2.69. The molecule has 1 heteroatoms. The van der Waals surface area contributed by atoms with Gasteiger partial charge in [-0.3, -0.25) is 0 Å². The summed E-state index contributed by atoms with van der Waals surface area (Å²) in [4.78, 5) is 0. The number of aryl methyl sites for hydroxylation is 2. The number of alkyl halides is 1. The van der Waals surface area contributed by atoms with Gasteiger partial charge in [0.2, 0.25) is 0 Å². The first-order chi connectivity index (χ1) is 7.41. The molecule has 0 saturated heterocycles. The van der Waals surface area contributed by atoms with Crippen LogP contribution in [-0.4, -0.2) is 5.38 Å². The molecule has 0 N–H and O–H groups in total. The van der Waals surface area contributed by atoms with Crippen molar-refractivity contribution in [1.82, 2.24) is 0 Å². The molecule has 2 unspecified atom stereocenters. The van der Waals surface area contributed by atoms with Crippen molar-refractivity contribution in [2.45, 2.75) is 46.4 Å². The van der Waals surface area contributed by atoms with Gasteiger partial charge in [-0.25, -0.2) is 0 Å². The molecule has 0 amide bonds. The van der Waals surface area contributed by atoms with Crippen LogP contribution in [0.5, 0.6) is 0 Å². The van der Waals surface area contributed by atoms with Crippen molar-refractivity contribution in [1.29, 1.82) is 0 Å². The number of benzene rings is 1. The summed E-state index contributed by atoms with van der Waals surface area (Å²) in [6.07, 6.45) is 0.974. The molecule has 0 radical (unpaired) electrons. The maximum absolute atomic E-state index is 6.45. The Bertz CT molecular complexity index is 341. The Labute approximate surface area is 105 Å². The SMILES string of the molecule is Cc1ccc(CC(Cl)C(C)C(C)C)cc1C. The predicted octanol–water partition coefficient (Wildman–Crippen LogP) is 4.75. The third-order valence-electron chi connectivity index (χ3n) is 3.62. The molecule has 0 saturated carbocycles. The second kappa shape index (κ2) is 5.72. The summed E-state index contributed by atoms with van der Waals surface area (Å²) in [6.45, 7) is 11.0. The molecule has 1 aromatic rings. The molecule has 1 aromatic carbocycles. The molecule has 0 aliphatic rings. The molecule has 0 aliphatic heterocycles. The highest BCUT2D eigenvalue weighted by atomic mass is 35.5. The van der Waals surface area contributed by atoms with Gasteiger partial charge >= 0.3 is 0 Å². The first-order valence-electron chi connectivity index (χ1n) is 6.12. The van der Waals surface area contributed by atoms with Gasteiger partial charge in [0.25, 0.3) is 0 Å². The molecule has 16 heavy (non-hydrogen) atoms. The molecule has 90 valence electrons. The van der Waals surface area contributed by atoms with Crippen LogP contribution in [0.1, 0.15) is 37.5 Å². The average molecular weight is 239 g/mol. The summed E-state index contributed by atoms with van der Waals surface area (Å²) in [5.74, 6) is 1.21. The lowest BCUT2D eigenvalue weighted by molar-refractivity contribution is 0.399. The largest absolute Gasteiger partial charge is 0.122 e. The summed E-state index contributed by atoms with van der Waals surface area (Å²) in [5, 5.41) is 0.238. The summed E-state index contributed by atoms with van der Waals surface area (Å²) in [6, 6.07) is 6.65. The molecule has 2 atom stereocenters. The molecule has 0 fully saturated rings. The number of halogens is 1. The van der Waals surface area contributed by atoms with Crippen molar-refractivity contribution >= 4 is 11.6 Å². The minimum absolute atomic E-state index is 0.238. The minimum atomic E-state index is 0.238. The van der Waals surface area contributed by atoms with E-state index in [2.05, 4.69) is 52.8 Å². The lowest BCUT2D eigenvalue weighted by Crippen LogP contribution is -2.19. The molecule has 0 heterocycles. The quantitative estimate of drug-likeness (QED) is 0.665. The average Bonchev–Trinajstić information content (AvgIpc) is 2.22. The van der Waals surface area contributed by atoms with E-state index in [9.17, 15) is 0 Å². The monoisotopic (exact) mass is 238 g/mol. The van der Waals surface area contributed by atoms with Gasteiger partial charge in [0.15, 0.2) is 0 Å². The summed E-state index contributed by atoms with van der Waals surface area (Å²) >= 11 is 6.45. The topological polar surface area (TPSA) is 0 Å². The van der Waals surface area contributed by atoms with Crippen LogP contribution in [0.4, 0.5) is 0 Å². The van der Waals surface area contributed by atoms with Crippen molar-refractivity contribution in [3.63, 3.8) is 0 Å². The fraction of sp³-hybridized carbons (Fsp3) is 0.600. The van der Waals surface area contributed by atoms with E-state index in [4.69, 9.17) is 11.6 Å². The van der Waals surface area contributed by atoms with Crippen molar-refractivity contribution < 1.29 is 0 Å². The highest BCUT2D eigenvalue weighted by Gasteiger charge is 2.18. The van der Waals surface area contributed by atoms with Gasteiger partial charge in [-0.2, -0.15) is 0 Å². The van der Waals surface area contributed by atoms with Crippen LogP contribution in [0, 0.1) is 25.7 Å². The van der Waals surface area contributed by atoms with Crippen molar-refractivity contribution in [3.8, 4) is 0 Å². The van der Waals surface area contributed by atoms with Gasteiger partial charge in [0.1, 0.15) is 0 Å². The highest BCUT2D eigenvalue weighted by Crippen LogP contribution is 2.23. The van der Waals surface area contributed by atoms with Gasteiger partial charge in [-0.1, -0.05) is 39.0 Å². The van der Waals surface area contributed by atoms with Crippen molar-refractivity contribution in [3.05, 3.63) is 34.9 Å². The Morgan fingerprint density at radius 1 is 1.06 bits per heavy atom. The smallest absolute Gasteiger partial charge is 0.0404 e. The van der Waals surface area contributed by atoms with E-state index in [1.54, 1.807) is 0 Å². The first kappa shape index (κ1) is 13.6. The van der Waals surface area contributed by atoms with Crippen LogP contribution in [0.25, 0.3) is 0 Å². The fourth-order valence-electron chi connectivity index (χ4n) is 1.76. The highest BCUT2D eigenvalue weighted by molar-refractivity contribution is 6.20. The lowest BCUT2D eigenvalue weighted by Gasteiger charge is -2.21. The number of hydrogen-bond acceptors (Lipinski definition) is 0. The van der Waals surface area contributed by atoms with E-state index in [-0.39, 0.29) is 5.38 Å². The summed E-state index contributed by atoms with van der Waals surface area (Å²) in [7, 11) is 0. The van der Waals surface area contributed by atoms with E-state index in [1.807, 2.05) is 0 Å². The van der Waals surface area contributed by atoms with Crippen LogP contribution < -0.4 is 0 Å². The zero-order chi connectivity index (χ0) is 12.3. The van der Waals surface area contributed by atoms with Gasteiger partial charge < -0.3 is 0 Å². The predicted molar refractivity (Wildman–Crippen MR) is 73.3 cm³/mol. The Morgan fingerprint density at radius 2 is 1.69 bits per heavy atom. The Hall–Kier alpha value is -0.490. The van der Waals surface area contributed by atoms with Gasteiger partial charge in [-0.15, -0.1) is 11.6 Å². The normalized spacial score (nSPS) is 15.2. The fourth-order valence-corrected chi connectivity index (χ4v) is 2.23. The van der Waals surface area contributed by atoms with Gasteiger partial charge in [0, 0.05) is 5.38 Å². The van der Waals surface area contributed by atoms with E-state index in [0.717, 1.165) is 6.42 Å².